The lowest BCUT2D eigenvalue weighted by Crippen LogP contribution is -2.34. The van der Waals surface area contributed by atoms with Gasteiger partial charge in [-0.15, -0.1) is 0 Å². The maximum absolute atomic E-state index is 11.8. The molecule has 1 unspecified atom stereocenters. The summed E-state index contributed by atoms with van der Waals surface area (Å²) >= 11 is 11.7. The van der Waals surface area contributed by atoms with E-state index < -0.39 is 11.9 Å². The quantitative estimate of drug-likeness (QED) is 0.854. The van der Waals surface area contributed by atoms with E-state index in [1.54, 1.807) is 24.3 Å². The minimum atomic E-state index is -0.620. The zero-order chi connectivity index (χ0) is 15.2. The highest BCUT2D eigenvalue weighted by Gasteiger charge is 2.16. The normalized spacial score (nSPS) is 12.0. The molecule has 2 N–H and O–H groups in total. The molecule has 0 bridgehead atoms. The van der Waals surface area contributed by atoms with Gasteiger partial charge in [-0.3, -0.25) is 4.79 Å². The van der Waals surface area contributed by atoms with E-state index in [4.69, 9.17) is 32.4 Å². The fourth-order valence-corrected chi connectivity index (χ4v) is 2.00. The lowest BCUT2D eigenvalue weighted by Gasteiger charge is -2.14. The molecular weight excluding hydrogens is 317 g/mol. The van der Waals surface area contributed by atoms with Crippen molar-refractivity contribution in [2.75, 3.05) is 13.2 Å². The Hall–Kier alpha value is -1.69. The van der Waals surface area contributed by atoms with Gasteiger partial charge in [-0.2, -0.15) is 0 Å². The van der Waals surface area contributed by atoms with Gasteiger partial charge in [0.2, 0.25) is 0 Å². The average molecular weight is 330 g/mol. The number of furan rings is 1. The highest BCUT2D eigenvalue weighted by atomic mass is 35.5. The summed E-state index contributed by atoms with van der Waals surface area (Å²) in [5.41, 5.74) is 0. The van der Waals surface area contributed by atoms with Gasteiger partial charge in [0.15, 0.2) is 6.61 Å². The number of hydrogen-bond acceptors (Lipinski definition) is 4. The van der Waals surface area contributed by atoms with Gasteiger partial charge in [0.25, 0.3) is 5.91 Å². The number of aliphatic hydroxyl groups excluding tert-OH is 1. The van der Waals surface area contributed by atoms with Crippen LogP contribution in [0.2, 0.25) is 10.0 Å². The molecule has 0 saturated heterocycles. The Morgan fingerprint density at radius 2 is 2.19 bits per heavy atom. The standard InChI is InChI=1S/C14H13Cl2NO4/c15-9-3-4-10(16)13(6-9)21-8-14(19)17-11(7-18)12-2-1-5-20-12/h1-6,11,18H,7-8H2,(H,17,19). The van der Waals surface area contributed by atoms with Crippen molar-refractivity contribution in [2.24, 2.45) is 0 Å². The molecule has 0 fully saturated rings. The Bertz CT molecular complexity index is 601. The van der Waals surface area contributed by atoms with Crippen LogP contribution in [0.25, 0.3) is 0 Å². The number of carbonyl (C=O) groups excluding carboxylic acids is 1. The van der Waals surface area contributed by atoms with Gasteiger partial charge in [0, 0.05) is 11.1 Å². The lowest BCUT2D eigenvalue weighted by atomic mass is 10.2. The molecule has 0 aliphatic heterocycles. The number of ether oxygens (including phenoxy) is 1. The number of benzene rings is 1. The molecule has 0 aliphatic rings. The van der Waals surface area contributed by atoms with Gasteiger partial charge in [0.05, 0.1) is 17.9 Å². The van der Waals surface area contributed by atoms with Gasteiger partial charge in [-0.25, -0.2) is 0 Å². The van der Waals surface area contributed by atoms with Crippen molar-refractivity contribution in [3.05, 3.63) is 52.4 Å². The molecule has 0 saturated carbocycles. The van der Waals surface area contributed by atoms with E-state index in [0.29, 0.717) is 21.6 Å². The molecule has 112 valence electrons. The Morgan fingerprint density at radius 3 is 2.86 bits per heavy atom. The van der Waals surface area contributed by atoms with E-state index in [0.717, 1.165) is 0 Å². The maximum Gasteiger partial charge on any atom is 0.258 e. The van der Waals surface area contributed by atoms with Gasteiger partial charge in [-0.1, -0.05) is 23.2 Å². The van der Waals surface area contributed by atoms with Crippen LogP contribution in [0.3, 0.4) is 0 Å². The van der Waals surface area contributed by atoms with Crippen molar-refractivity contribution in [3.8, 4) is 5.75 Å². The second-order valence-electron chi connectivity index (χ2n) is 4.18. The molecule has 21 heavy (non-hydrogen) atoms. The highest BCUT2D eigenvalue weighted by Crippen LogP contribution is 2.27. The van der Waals surface area contributed by atoms with Crippen LogP contribution < -0.4 is 10.1 Å². The summed E-state index contributed by atoms with van der Waals surface area (Å²) in [6.45, 7) is -0.533. The van der Waals surface area contributed by atoms with Gasteiger partial charge < -0.3 is 19.6 Å². The third kappa shape index (κ3) is 4.39. The summed E-state index contributed by atoms with van der Waals surface area (Å²) in [5.74, 6) is 0.367. The minimum Gasteiger partial charge on any atom is -0.482 e. The maximum atomic E-state index is 11.8. The van der Waals surface area contributed by atoms with Crippen LogP contribution in [0.5, 0.6) is 5.75 Å². The first-order valence-corrected chi connectivity index (χ1v) is 6.87. The van der Waals surface area contributed by atoms with Crippen molar-refractivity contribution in [3.63, 3.8) is 0 Å². The molecule has 2 aromatic rings. The highest BCUT2D eigenvalue weighted by molar-refractivity contribution is 6.34. The largest absolute Gasteiger partial charge is 0.482 e. The smallest absolute Gasteiger partial charge is 0.258 e. The van der Waals surface area contributed by atoms with Crippen molar-refractivity contribution < 1.29 is 19.1 Å². The fraction of sp³-hybridized carbons (Fsp3) is 0.214. The number of hydrogen-bond donors (Lipinski definition) is 2. The third-order valence-corrected chi connectivity index (χ3v) is 3.20. The zero-order valence-corrected chi connectivity index (χ0v) is 12.4. The summed E-state index contributed by atoms with van der Waals surface area (Å²) in [6.07, 6.45) is 1.46. The molecule has 1 amide bonds. The van der Waals surface area contributed by atoms with E-state index in [2.05, 4.69) is 5.32 Å². The Labute approximate surface area is 131 Å². The topological polar surface area (TPSA) is 71.7 Å². The molecular formula is C14H13Cl2NO4. The number of carbonyl (C=O) groups is 1. The first-order chi connectivity index (χ1) is 10.1. The predicted molar refractivity (Wildman–Crippen MR) is 78.6 cm³/mol. The third-order valence-electron chi connectivity index (χ3n) is 2.66. The SMILES string of the molecule is O=C(COc1cc(Cl)ccc1Cl)NC(CO)c1ccco1. The number of halogens is 2. The average Bonchev–Trinajstić information content (AvgIpc) is 2.99. The lowest BCUT2D eigenvalue weighted by molar-refractivity contribution is -0.124. The minimum absolute atomic E-state index is 0.253. The molecule has 1 aromatic heterocycles. The van der Waals surface area contributed by atoms with E-state index in [9.17, 15) is 9.90 Å². The zero-order valence-electron chi connectivity index (χ0n) is 10.9. The Kier molecular flexibility index (Phi) is 5.50. The number of aliphatic hydroxyl groups is 1. The molecule has 5 nitrogen and oxygen atoms in total. The van der Waals surface area contributed by atoms with Crippen LogP contribution in [0.4, 0.5) is 0 Å². The number of rotatable bonds is 6. The molecule has 7 heteroatoms. The van der Waals surface area contributed by atoms with Crippen LogP contribution in [0, 0.1) is 0 Å². The summed E-state index contributed by atoms with van der Waals surface area (Å²) in [4.78, 5) is 11.8. The van der Waals surface area contributed by atoms with Crippen molar-refractivity contribution >= 4 is 29.1 Å². The van der Waals surface area contributed by atoms with Crippen LogP contribution in [0.15, 0.2) is 41.0 Å². The van der Waals surface area contributed by atoms with E-state index in [-0.39, 0.29) is 13.2 Å². The monoisotopic (exact) mass is 329 g/mol. The molecule has 0 radical (unpaired) electrons. The number of amides is 1. The molecule has 0 spiro atoms. The second-order valence-corrected chi connectivity index (χ2v) is 5.03. The Balaban J connectivity index is 1.91. The van der Waals surface area contributed by atoms with Crippen molar-refractivity contribution in [2.45, 2.75) is 6.04 Å². The van der Waals surface area contributed by atoms with E-state index in [1.807, 2.05) is 0 Å². The summed E-state index contributed by atoms with van der Waals surface area (Å²) in [6, 6.07) is 7.44. The first kappa shape index (κ1) is 15.7. The Morgan fingerprint density at radius 1 is 1.38 bits per heavy atom. The van der Waals surface area contributed by atoms with E-state index >= 15 is 0 Å². The van der Waals surface area contributed by atoms with Crippen LogP contribution in [-0.4, -0.2) is 24.2 Å². The second kappa shape index (κ2) is 7.36. The van der Waals surface area contributed by atoms with Crippen molar-refractivity contribution in [1.29, 1.82) is 0 Å². The fourth-order valence-electron chi connectivity index (χ4n) is 1.66. The molecule has 1 aromatic carbocycles. The van der Waals surface area contributed by atoms with Gasteiger partial charge in [-0.05, 0) is 24.3 Å². The molecule has 2 rings (SSSR count). The first-order valence-electron chi connectivity index (χ1n) is 6.11. The van der Waals surface area contributed by atoms with Crippen LogP contribution in [-0.2, 0) is 4.79 Å². The van der Waals surface area contributed by atoms with E-state index in [1.165, 1.54) is 12.3 Å². The predicted octanol–water partition coefficient (Wildman–Crippen LogP) is 2.82. The molecule has 1 atom stereocenters. The summed E-state index contributed by atoms with van der Waals surface area (Å²) < 4.78 is 10.4. The van der Waals surface area contributed by atoms with Gasteiger partial charge in [0.1, 0.15) is 17.6 Å². The molecule has 0 aliphatic carbocycles. The van der Waals surface area contributed by atoms with Crippen LogP contribution in [0.1, 0.15) is 11.8 Å². The van der Waals surface area contributed by atoms with Crippen molar-refractivity contribution in [1.82, 2.24) is 5.32 Å². The number of nitrogens with one attached hydrogen (secondary N) is 1. The molecule has 1 heterocycles. The van der Waals surface area contributed by atoms with Crippen LogP contribution >= 0.6 is 23.2 Å². The summed E-state index contributed by atoms with van der Waals surface area (Å²) in [5, 5.41) is 12.7. The van der Waals surface area contributed by atoms with Gasteiger partial charge >= 0.3 is 0 Å². The summed E-state index contributed by atoms with van der Waals surface area (Å²) in [7, 11) is 0.